The molecule has 0 atom stereocenters. The van der Waals surface area contributed by atoms with Crippen molar-refractivity contribution in [3.8, 4) is 0 Å². The molecule has 0 unspecified atom stereocenters. The van der Waals surface area contributed by atoms with Crippen molar-refractivity contribution in [2.24, 2.45) is 0 Å². The Morgan fingerprint density at radius 3 is 3.08 bits per heavy atom. The molecule has 0 radical (unpaired) electrons. The molecular weight excluding hydrogens is 194 g/mol. The number of rotatable bonds is 1. The van der Waals surface area contributed by atoms with Gasteiger partial charge in [-0.3, -0.25) is 15.1 Å². The van der Waals surface area contributed by atoms with Crippen molar-refractivity contribution >= 4 is 28.3 Å². The summed E-state index contributed by atoms with van der Waals surface area (Å²) in [7, 11) is 0. The van der Waals surface area contributed by atoms with Gasteiger partial charge in [-0.1, -0.05) is 11.6 Å². The van der Waals surface area contributed by atoms with Gasteiger partial charge in [0, 0.05) is 18.5 Å². The van der Waals surface area contributed by atoms with Gasteiger partial charge in [-0.05, 0) is 0 Å². The zero-order chi connectivity index (χ0) is 9.42. The molecule has 0 amide bonds. The number of pyridine rings is 1. The summed E-state index contributed by atoms with van der Waals surface area (Å²) in [5.74, 6) is 0. The molecule has 0 aliphatic carbocycles. The molecule has 2 heterocycles. The van der Waals surface area contributed by atoms with E-state index in [1.54, 1.807) is 0 Å². The second kappa shape index (κ2) is 2.70. The Hall–Kier alpha value is -1.62. The fourth-order valence-electron chi connectivity index (χ4n) is 1.13. The van der Waals surface area contributed by atoms with Gasteiger partial charge >= 0.3 is 0 Å². The summed E-state index contributed by atoms with van der Waals surface area (Å²) in [6.07, 6.45) is 2.84. The Morgan fingerprint density at radius 1 is 1.62 bits per heavy atom. The zero-order valence-corrected chi connectivity index (χ0v) is 7.08. The van der Waals surface area contributed by atoms with E-state index >= 15 is 0 Å². The monoisotopic (exact) mass is 197 g/mol. The average Bonchev–Trinajstić information content (AvgIpc) is 2.48. The Kier molecular flexibility index (Phi) is 1.66. The topological polar surface area (TPSA) is 71.8 Å². The molecule has 0 saturated heterocycles. The van der Waals surface area contributed by atoms with Gasteiger partial charge in [-0.15, -0.1) is 0 Å². The molecule has 2 aromatic rings. The van der Waals surface area contributed by atoms with Crippen LogP contribution in [0, 0.1) is 10.1 Å². The van der Waals surface area contributed by atoms with Crippen LogP contribution < -0.4 is 0 Å². The molecule has 13 heavy (non-hydrogen) atoms. The summed E-state index contributed by atoms with van der Waals surface area (Å²) in [5, 5.41) is 10.9. The summed E-state index contributed by atoms with van der Waals surface area (Å²) in [6.45, 7) is 0. The van der Waals surface area contributed by atoms with Crippen LogP contribution in [-0.4, -0.2) is 14.9 Å². The highest BCUT2D eigenvalue weighted by molar-refractivity contribution is 6.35. The lowest BCUT2D eigenvalue weighted by atomic mass is 10.3. The maximum absolute atomic E-state index is 10.5. The van der Waals surface area contributed by atoms with Gasteiger partial charge in [0.2, 0.25) is 0 Å². The van der Waals surface area contributed by atoms with E-state index in [2.05, 4.69) is 9.97 Å². The van der Waals surface area contributed by atoms with Crippen LogP contribution in [0.5, 0.6) is 0 Å². The fourth-order valence-corrected chi connectivity index (χ4v) is 1.33. The van der Waals surface area contributed by atoms with Crippen LogP contribution in [0.1, 0.15) is 0 Å². The third-order valence-electron chi connectivity index (χ3n) is 1.70. The highest BCUT2D eigenvalue weighted by Gasteiger charge is 2.14. The number of hydrogen-bond acceptors (Lipinski definition) is 3. The number of nitrogens with zero attached hydrogens (tertiary/aromatic N) is 2. The van der Waals surface area contributed by atoms with Gasteiger partial charge in [0.25, 0.3) is 5.69 Å². The first-order valence-electron chi connectivity index (χ1n) is 3.46. The van der Waals surface area contributed by atoms with Crippen LogP contribution in [0.25, 0.3) is 11.0 Å². The number of H-pyrrole nitrogens is 1. The standard InChI is InChI=1S/C7H4ClN3O2/c8-4-3-10-7-5(11(12)13)1-2-9-6(4)7/h1-3,10H. The van der Waals surface area contributed by atoms with Gasteiger partial charge in [-0.25, -0.2) is 0 Å². The second-order valence-corrected chi connectivity index (χ2v) is 2.85. The molecule has 0 aliphatic heterocycles. The number of halogens is 1. The van der Waals surface area contributed by atoms with Crippen molar-refractivity contribution in [3.63, 3.8) is 0 Å². The third-order valence-corrected chi connectivity index (χ3v) is 1.98. The van der Waals surface area contributed by atoms with Crippen molar-refractivity contribution < 1.29 is 4.92 Å². The first kappa shape index (κ1) is 8.00. The van der Waals surface area contributed by atoms with Crippen LogP contribution in [-0.2, 0) is 0 Å². The van der Waals surface area contributed by atoms with Crippen molar-refractivity contribution in [3.05, 3.63) is 33.6 Å². The molecule has 6 heteroatoms. The van der Waals surface area contributed by atoms with E-state index in [4.69, 9.17) is 11.6 Å². The smallest absolute Gasteiger partial charge is 0.296 e. The largest absolute Gasteiger partial charge is 0.353 e. The van der Waals surface area contributed by atoms with E-state index in [1.807, 2.05) is 0 Å². The maximum atomic E-state index is 10.5. The Bertz CT molecular complexity index is 480. The van der Waals surface area contributed by atoms with E-state index in [0.29, 0.717) is 16.1 Å². The average molecular weight is 198 g/mol. The van der Waals surface area contributed by atoms with E-state index in [1.165, 1.54) is 18.5 Å². The Morgan fingerprint density at radius 2 is 2.38 bits per heavy atom. The zero-order valence-electron chi connectivity index (χ0n) is 6.32. The van der Waals surface area contributed by atoms with Crippen molar-refractivity contribution in [1.29, 1.82) is 0 Å². The second-order valence-electron chi connectivity index (χ2n) is 2.45. The van der Waals surface area contributed by atoms with Gasteiger partial charge in [0.15, 0.2) is 0 Å². The molecule has 5 nitrogen and oxygen atoms in total. The number of hydrogen-bond donors (Lipinski definition) is 1. The van der Waals surface area contributed by atoms with Crippen LogP contribution in [0.2, 0.25) is 5.02 Å². The van der Waals surface area contributed by atoms with Crippen molar-refractivity contribution in [2.75, 3.05) is 0 Å². The lowest BCUT2D eigenvalue weighted by Crippen LogP contribution is -1.89. The molecule has 0 saturated carbocycles. The number of nitrogens with one attached hydrogen (secondary N) is 1. The summed E-state index contributed by atoms with van der Waals surface area (Å²) >= 11 is 5.73. The van der Waals surface area contributed by atoms with Crippen LogP contribution >= 0.6 is 11.6 Å². The Labute approximate surface area is 77.5 Å². The summed E-state index contributed by atoms with van der Waals surface area (Å²) in [6, 6.07) is 1.33. The molecule has 0 bridgehead atoms. The predicted molar refractivity (Wildman–Crippen MR) is 47.8 cm³/mol. The van der Waals surface area contributed by atoms with Gasteiger partial charge in [0.05, 0.1) is 9.95 Å². The van der Waals surface area contributed by atoms with Crippen LogP contribution in [0.15, 0.2) is 18.5 Å². The molecule has 0 aromatic carbocycles. The van der Waals surface area contributed by atoms with Crippen LogP contribution in [0.3, 0.4) is 0 Å². The molecular formula is C7H4ClN3O2. The van der Waals surface area contributed by atoms with Gasteiger partial charge in [0.1, 0.15) is 11.0 Å². The number of aromatic nitrogens is 2. The minimum atomic E-state index is -0.475. The lowest BCUT2D eigenvalue weighted by molar-refractivity contribution is -0.383. The first-order valence-corrected chi connectivity index (χ1v) is 3.84. The quantitative estimate of drug-likeness (QED) is 0.562. The van der Waals surface area contributed by atoms with Gasteiger partial charge < -0.3 is 4.98 Å². The SMILES string of the molecule is O=[N+]([O-])c1ccnc2c(Cl)c[nH]c12. The highest BCUT2D eigenvalue weighted by atomic mass is 35.5. The maximum Gasteiger partial charge on any atom is 0.296 e. The summed E-state index contributed by atoms with van der Waals surface area (Å²) in [5.41, 5.74) is 0.769. The summed E-state index contributed by atoms with van der Waals surface area (Å²) in [4.78, 5) is 16.7. The molecule has 66 valence electrons. The number of aromatic amines is 1. The minimum Gasteiger partial charge on any atom is -0.353 e. The summed E-state index contributed by atoms with van der Waals surface area (Å²) < 4.78 is 0. The molecule has 0 spiro atoms. The Balaban J connectivity index is 2.84. The van der Waals surface area contributed by atoms with Crippen molar-refractivity contribution in [1.82, 2.24) is 9.97 Å². The lowest BCUT2D eigenvalue weighted by Gasteiger charge is -1.91. The highest BCUT2D eigenvalue weighted by Crippen LogP contribution is 2.27. The molecule has 2 aromatic heterocycles. The molecule has 2 rings (SSSR count). The number of nitro groups is 1. The first-order chi connectivity index (χ1) is 6.20. The molecule has 1 N–H and O–H groups in total. The van der Waals surface area contributed by atoms with E-state index in [-0.39, 0.29) is 5.69 Å². The number of fused-ring (bicyclic) bond motifs is 1. The third kappa shape index (κ3) is 1.13. The van der Waals surface area contributed by atoms with Crippen LogP contribution in [0.4, 0.5) is 5.69 Å². The van der Waals surface area contributed by atoms with E-state index in [0.717, 1.165) is 0 Å². The normalized spacial score (nSPS) is 10.5. The fraction of sp³-hybridized carbons (Fsp3) is 0. The molecule has 0 fully saturated rings. The predicted octanol–water partition coefficient (Wildman–Crippen LogP) is 2.12. The van der Waals surface area contributed by atoms with E-state index in [9.17, 15) is 10.1 Å². The molecule has 0 aliphatic rings. The van der Waals surface area contributed by atoms with E-state index < -0.39 is 4.92 Å². The minimum absolute atomic E-state index is 0.0168. The van der Waals surface area contributed by atoms with Crippen molar-refractivity contribution in [2.45, 2.75) is 0 Å². The van der Waals surface area contributed by atoms with Gasteiger partial charge in [-0.2, -0.15) is 0 Å².